The molecule has 0 fully saturated rings. The molecule has 1 heterocycles. The van der Waals surface area contributed by atoms with Crippen LogP contribution < -0.4 is 19.6 Å². The summed E-state index contributed by atoms with van der Waals surface area (Å²) in [6, 6.07) is 11.5. The normalized spacial score (nSPS) is 13.6. The van der Waals surface area contributed by atoms with Gasteiger partial charge in [-0.1, -0.05) is 30.3 Å². The Balaban J connectivity index is 2.57. The molecule has 122 valence electrons. The largest absolute Gasteiger partial charge is 0.612 e. The predicted molar refractivity (Wildman–Crippen MR) is 80.1 cm³/mol. The maximum absolute atomic E-state index is 12.3. The first-order chi connectivity index (χ1) is 10.9. The first-order valence-corrected chi connectivity index (χ1v) is 8.24. The number of hydrogen-bond acceptors (Lipinski definition) is 5. The van der Waals surface area contributed by atoms with Crippen LogP contribution in [0.5, 0.6) is 5.75 Å². The number of hydrogen-bond donors (Lipinski definition) is 0. The minimum atomic E-state index is -3.85. The van der Waals surface area contributed by atoms with Gasteiger partial charge in [0.2, 0.25) is 6.20 Å². The molecule has 0 aliphatic rings. The van der Waals surface area contributed by atoms with Gasteiger partial charge in [-0.2, -0.15) is 8.42 Å². The van der Waals surface area contributed by atoms with E-state index in [4.69, 9.17) is 4.74 Å². The third kappa shape index (κ3) is 4.43. The summed E-state index contributed by atoms with van der Waals surface area (Å²) >= 11 is 0. The number of pyridine rings is 1. The van der Waals surface area contributed by atoms with Gasteiger partial charge in [-0.25, -0.2) is 0 Å². The summed E-state index contributed by atoms with van der Waals surface area (Å²) in [5.74, 6) is -0.624. The van der Waals surface area contributed by atoms with Gasteiger partial charge in [0, 0.05) is 6.07 Å². The van der Waals surface area contributed by atoms with Crippen LogP contribution in [0.3, 0.4) is 0 Å². The van der Waals surface area contributed by atoms with Gasteiger partial charge in [-0.05, 0) is 23.1 Å². The lowest BCUT2D eigenvalue weighted by molar-refractivity contribution is -0.558. The lowest BCUT2D eigenvalue weighted by atomic mass is 10.2. The highest BCUT2D eigenvalue weighted by Gasteiger charge is 2.15. The molecule has 7 nitrogen and oxygen atoms in total. The van der Waals surface area contributed by atoms with E-state index >= 15 is 0 Å². The average molecular weight is 336 g/mol. The Kier molecular flexibility index (Phi) is 5.17. The fourth-order valence-corrected chi connectivity index (χ4v) is 2.95. The molecule has 0 amide bonds. The predicted octanol–water partition coefficient (Wildman–Crippen LogP) is -0.383. The van der Waals surface area contributed by atoms with E-state index in [0.717, 1.165) is 4.36 Å². The number of sulfonamides is 1. The number of aromatic nitrogens is 1. The van der Waals surface area contributed by atoms with Crippen molar-refractivity contribution in [3.63, 3.8) is 0 Å². The van der Waals surface area contributed by atoms with Gasteiger partial charge in [0.1, 0.15) is 16.2 Å². The minimum Gasteiger partial charge on any atom is -0.612 e. The molecule has 0 bridgehead atoms. The van der Waals surface area contributed by atoms with Gasteiger partial charge in [0.15, 0.2) is 5.75 Å². The summed E-state index contributed by atoms with van der Waals surface area (Å²) in [5, 5.41) is 11.7. The SMILES string of the molecule is CO/C([O-])=c1/ccc(OC)c[n+]1=NS(=O)(=O)Cc1ccccc1. The fourth-order valence-electron chi connectivity index (χ4n) is 1.87. The van der Waals surface area contributed by atoms with E-state index < -0.39 is 16.0 Å². The molecule has 0 atom stereocenters. The quantitative estimate of drug-likeness (QED) is 0.694. The summed E-state index contributed by atoms with van der Waals surface area (Å²) in [5.41, 5.74) is 0.597. The Hall–Kier alpha value is -2.61. The van der Waals surface area contributed by atoms with E-state index in [9.17, 15) is 13.5 Å². The lowest BCUT2D eigenvalue weighted by Gasteiger charge is -2.04. The average Bonchev–Trinajstić information content (AvgIpc) is 2.54. The molecule has 0 spiro atoms. The zero-order valence-corrected chi connectivity index (χ0v) is 13.5. The van der Waals surface area contributed by atoms with Crippen molar-refractivity contribution in [2.24, 2.45) is 4.52 Å². The molecule has 0 saturated carbocycles. The van der Waals surface area contributed by atoms with Crippen molar-refractivity contribution >= 4 is 16.0 Å². The van der Waals surface area contributed by atoms with Gasteiger partial charge in [-0.3, -0.25) is 0 Å². The Labute approximate surface area is 133 Å². The highest BCUT2D eigenvalue weighted by Crippen LogP contribution is 2.06. The van der Waals surface area contributed by atoms with Crippen LogP contribution in [0.15, 0.2) is 53.2 Å². The van der Waals surface area contributed by atoms with Gasteiger partial charge in [0.25, 0.3) is 5.35 Å². The van der Waals surface area contributed by atoms with Crippen molar-refractivity contribution in [2.45, 2.75) is 5.75 Å². The van der Waals surface area contributed by atoms with E-state index in [-0.39, 0.29) is 11.1 Å². The molecule has 0 N–H and O–H groups in total. The molecular weight excluding hydrogens is 320 g/mol. The number of benzene rings is 1. The molecule has 1 aromatic carbocycles. The fraction of sp³-hybridized carbons (Fsp3) is 0.200. The topological polar surface area (TPSA) is 93.9 Å². The van der Waals surface area contributed by atoms with Crippen LogP contribution in [-0.4, -0.2) is 22.6 Å². The van der Waals surface area contributed by atoms with Gasteiger partial charge in [0.05, 0.1) is 7.11 Å². The van der Waals surface area contributed by atoms with Crippen molar-refractivity contribution in [3.05, 3.63) is 59.6 Å². The summed E-state index contributed by atoms with van der Waals surface area (Å²) in [6.45, 7) is 0. The maximum atomic E-state index is 12.3. The molecule has 0 aliphatic carbocycles. The summed E-state index contributed by atoms with van der Waals surface area (Å²) < 4.78 is 38.8. The van der Waals surface area contributed by atoms with Crippen molar-refractivity contribution < 1.29 is 27.4 Å². The second kappa shape index (κ2) is 7.10. The number of nitrogens with zero attached hydrogens (tertiary/aromatic N) is 2. The summed E-state index contributed by atoms with van der Waals surface area (Å²) in [4.78, 5) is 0. The molecule has 23 heavy (non-hydrogen) atoms. The van der Waals surface area contributed by atoms with Crippen LogP contribution in [-0.2, 0) is 20.5 Å². The van der Waals surface area contributed by atoms with Crippen LogP contribution >= 0.6 is 0 Å². The molecule has 0 radical (unpaired) electrons. The molecule has 0 aliphatic heterocycles. The third-order valence-electron chi connectivity index (χ3n) is 2.94. The first kappa shape index (κ1) is 16.8. The second-order valence-corrected chi connectivity index (χ2v) is 6.20. The molecule has 1 aromatic heterocycles. The van der Waals surface area contributed by atoms with E-state index in [1.807, 2.05) is 0 Å². The van der Waals surface area contributed by atoms with E-state index in [2.05, 4.69) is 9.26 Å². The summed E-state index contributed by atoms with van der Waals surface area (Å²) in [7, 11) is -1.22. The van der Waals surface area contributed by atoms with Crippen LogP contribution in [0.25, 0.3) is 5.95 Å². The minimum absolute atomic E-state index is 0.0232. The second-order valence-electron chi connectivity index (χ2n) is 4.58. The van der Waals surface area contributed by atoms with Gasteiger partial charge >= 0.3 is 10.0 Å². The Bertz CT molecular complexity index is 895. The van der Waals surface area contributed by atoms with Crippen LogP contribution in [0, 0.1) is 0 Å². The van der Waals surface area contributed by atoms with Crippen molar-refractivity contribution in [3.8, 4) is 5.75 Å². The molecule has 2 aromatic rings. The highest BCUT2D eigenvalue weighted by atomic mass is 32.2. The Morgan fingerprint density at radius 1 is 1.17 bits per heavy atom. The summed E-state index contributed by atoms with van der Waals surface area (Å²) in [6.07, 6.45) is 1.30. The maximum Gasteiger partial charge on any atom is 0.312 e. The first-order valence-electron chi connectivity index (χ1n) is 6.63. The monoisotopic (exact) mass is 336 g/mol. The smallest absolute Gasteiger partial charge is 0.312 e. The van der Waals surface area contributed by atoms with E-state index in [0.29, 0.717) is 11.3 Å². The zero-order valence-electron chi connectivity index (χ0n) is 12.7. The Morgan fingerprint density at radius 2 is 1.87 bits per heavy atom. The van der Waals surface area contributed by atoms with Crippen molar-refractivity contribution in [2.75, 3.05) is 14.2 Å². The number of ether oxygens (including phenoxy) is 2. The molecule has 0 unspecified atom stereocenters. The Morgan fingerprint density at radius 3 is 2.48 bits per heavy atom. The zero-order chi connectivity index (χ0) is 16.9. The van der Waals surface area contributed by atoms with Crippen LogP contribution in [0.4, 0.5) is 0 Å². The highest BCUT2D eigenvalue weighted by molar-refractivity contribution is 7.89. The molecular formula is C15H16N2O5S. The molecule has 0 saturated heterocycles. The number of methoxy groups -OCH3 is 2. The lowest BCUT2D eigenvalue weighted by Crippen LogP contribution is -2.42. The third-order valence-corrected chi connectivity index (χ3v) is 4.06. The van der Waals surface area contributed by atoms with E-state index in [1.54, 1.807) is 30.3 Å². The van der Waals surface area contributed by atoms with Crippen LogP contribution in [0.2, 0.25) is 0 Å². The number of rotatable bonds is 5. The van der Waals surface area contributed by atoms with Crippen molar-refractivity contribution in [1.29, 1.82) is 0 Å². The van der Waals surface area contributed by atoms with Crippen LogP contribution in [0.1, 0.15) is 5.56 Å². The van der Waals surface area contributed by atoms with E-state index in [1.165, 1.54) is 32.5 Å². The van der Waals surface area contributed by atoms with Crippen molar-refractivity contribution in [1.82, 2.24) is 0 Å². The standard InChI is InChI=1S/C15H16N2O5S/c1-21-13-8-9-14(15(18)22-2)17(10-13)16-23(19,20)11-12-6-4-3-5-7-12/h3-10H,11H2,1-2H3. The molecule has 8 heteroatoms. The molecule has 2 rings (SSSR count). The van der Waals surface area contributed by atoms with Gasteiger partial charge < -0.3 is 14.6 Å². The van der Waals surface area contributed by atoms with Gasteiger partial charge in [-0.15, -0.1) is 0 Å².